The molecule has 34 heavy (non-hydrogen) atoms. The molecule has 0 aromatic carbocycles. The van der Waals surface area contributed by atoms with E-state index in [0.29, 0.717) is 30.1 Å². The fraction of sp³-hybridized carbons (Fsp3) is 0.478. The number of carbonyl (C=O) groups is 2. The third-order valence-electron chi connectivity index (χ3n) is 5.65. The average molecular weight is 467 g/mol. The number of nitrogens with two attached hydrogens (primary N) is 1. The van der Waals surface area contributed by atoms with Gasteiger partial charge >= 0.3 is 6.09 Å². The van der Waals surface area contributed by atoms with Gasteiger partial charge in [0.25, 0.3) is 5.91 Å². The Morgan fingerprint density at radius 2 is 1.97 bits per heavy atom. The molecule has 3 aromatic heterocycles. The van der Waals surface area contributed by atoms with E-state index in [2.05, 4.69) is 10.2 Å². The minimum absolute atomic E-state index is 0.0266. The molecule has 1 aliphatic rings. The summed E-state index contributed by atoms with van der Waals surface area (Å²) < 4.78 is 8.91. The van der Waals surface area contributed by atoms with Gasteiger partial charge in [0.05, 0.1) is 36.4 Å². The number of imidazole rings is 1. The van der Waals surface area contributed by atoms with Gasteiger partial charge < -0.3 is 15.4 Å². The van der Waals surface area contributed by atoms with Gasteiger partial charge in [0.1, 0.15) is 11.3 Å². The fourth-order valence-corrected chi connectivity index (χ4v) is 3.88. The second kappa shape index (κ2) is 8.88. The number of fused-ring (bicyclic) bond motifs is 1. The van der Waals surface area contributed by atoms with Crippen LogP contribution in [0.25, 0.3) is 16.9 Å². The van der Waals surface area contributed by atoms with Crippen LogP contribution in [-0.2, 0) is 11.3 Å². The number of aromatic nitrogens is 5. The summed E-state index contributed by atoms with van der Waals surface area (Å²) >= 11 is 0. The molecule has 1 atom stereocenters. The molecule has 180 valence electrons. The molecular weight excluding hydrogens is 436 g/mol. The summed E-state index contributed by atoms with van der Waals surface area (Å²) in [5, 5.41) is 8.61. The van der Waals surface area contributed by atoms with E-state index in [-0.39, 0.29) is 17.6 Å². The van der Waals surface area contributed by atoms with Crippen molar-refractivity contribution in [2.75, 3.05) is 13.1 Å². The molecule has 0 unspecified atom stereocenters. The first-order chi connectivity index (χ1) is 16.1. The van der Waals surface area contributed by atoms with Crippen LogP contribution in [0, 0.1) is 5.92 Å². The van der Waals surface area contributed by atoms with E-state index >= 15 is 0 Å². The molecule has 1 fully saturated rings. The van der Waals surface area contributed by atoms with Crippen LogP contribution in [0.1, 0.15) is 51.4 Å². The first-order valence-electron chi connectivity index (χ1n) is 11.4. The summed E-state index contributed by atoms with van der Waals surface area (Å²) in [6.45, 7) is 11.1. The van der Waals surface area contributed by atoms with Crippen LogP contribution < -0.4 is 5.73 Å². The Morgan fingerprint density at radius 3 is 2.59 bits per heavy atom. The molecule has 0 aliphatic carbocycles. The second-order valence-electron chi connectivity index (χ2n) is 9.32. The molecule has 3 aromatic rings. The van der Waals surface area contributed by atoms with Gasteiger partial charge in [0.15, 0.2) is 5.65 Å². The Bertz CT molecular complexity index is 1270. The molecule has 11 nitrogen and oxygen atoms in total. The number of hydrogen-bond donors (Lipinski definition) is 1. The number of hydrogen-bond acceptors (Lipinski definition) is 7. The molecule has 0 spiro atoms. The van der Waals surface area contributed by atoms with Crippen LogP contribution in [0.4, 0.5) is 10.5 Å². The summed E-state index contributed by atoms with van der Waals surface area (Å²) in [6.07, 6.45) is 7.18. The van der Waals surface area contributed by atoms with Gasteiger partial charge in [-0.2, -0.15) is 10.2 Å². The van der Waals surface area contributed by atoms with E-state index in [0.717, 1.165) is 24.2 Å². The van der Waals surface area contributed by atoms with Crippen LogP contribution >= 0.6 is 0 Å². The Morgan fingerprint density at radius 1 is 1.21 bits per heavy atom. The second-order valence-corrected chi connectivity index (χ2v) is 9.32. The largest absolute Gasteiger partial charge is 0.444 e. The summed E-state index contributed by atoms with van der Waals surface area (Å²) in [5.74, 6) is -0.619. The van der Waals surface area contributed by atoms with Gasteiger partial charge in [-0.3, -0.25) is 14.5 Å². The normalized spacial score (nSPS) is 17.6. The molecule has 2 N–H and O–H groups in total. The lowest BCUT2D eigenvalue weighted by molar-refractivity contribution is 0.0292. The fourth-order valence-electron chi connectivity index (χ4n) is 3.88. The maximum Gasteiger partial charge on any atom is 0.410 e. The van der Waals surface area contributed by atoms with Crippen molar-refractivity contribution >= 4 is 29.0 Å². The standard InChI is InChI=1S/C23H30N8O3/c1-6-14-10-29(22(33)34-23(3,4)5)12-17(14)27-19-16(20(24)32)9-26-31-13-18(28-21(19)31)15-8-25-30(7-2)11-15/h8-9,11,13-14H,6-7,10,12H2,1-5H3,(H2,24,32)/t14-/m0/s1. The number of primary amides is 1. The monoisotopic (exact) mass is 466 g/mol. The zero-order chi connectivity index (χ0) is 24.6. The van der Waals surface area contributed by atoms with Crippen molar-refractivity contribution < 1.29 is 14.3 Å². The molecule has 1 saturated heterocycles. The quantitative estimate of drug-likeness (QED) is 0.614. The van der Waals surface area contributed by atoms with E-state index in [1.165, 1.54) is 6.20 Å². The van der Waals surface area contributed by atoms with E-state index in [9.17, 15) is 9.59 Å². The Hall–Kier alpha value is -3.76. The van der Waals surface area contributed by atoms with Crippen LogP contribution in [-0.4, -0.2) is 65.7 Å². The summed E-state index contributed by atoms with van der Waals surface area (Å²) in [5.41, 5.74) is 8.24. The molecule has 0 bridgehead atoms. The smallest absolute Gasteiger partial charge is 0.410 e. The lowest BCUT2D eigenvalue weighted by atomic mass is 10.0. The van der Waals surface area contributed by atoms with Gasteiger partial charge in [0.2, 0.25) is 0 Å². The number of likely N-dealkylation sites (tertiary alicyclic amines) is 1. The van der Waals surface area contributed by atoms with E-state index in [1.54, 1.807) is 26.5 Å². The first kappa shape index (κ1) is 23.4. The van der Waals surface area contributed by atoms with Crippen molar-refractivity contribution in [2.45, 2.75) is 53.2 Å². The first-order valence-corrected chi connectivity index (χ1v) is 11.4. The zero-order valence-corrected chi connectivity index (χ0v) is 20.1. The highest BCUT2D eigenvalue weighted by Gasteiger charge is 2.34. The molecule has 0 saturated carbocycles. The minimum atomic E-state index is -0.646. The number of aliphatic imine (C=N–C) groups is 1. The van der Waals surface area contributed by atoms with Gasteiger partial charge in [-0.25, -0.2) is 14.3 Å². The molecule has 1 aliphatic heterocycles. The van der Waals surface area contributed by atoms with Crippen molar-refractivity contribution in [3.8, 4) is 11.3 Å². The molecule has 4 rings (SSSR count). The lowest BCUT2D eigenvalue weighted by Gasteiger charge is -2.24. The molecule has 2 amide bonds. The predicted molar refractivity (Wildman–Crippen MR) is 127 cm³/mol. The number of carbonyl (C=O) groups excluding carboxylic acids is 2. The highest BCUT2D eigenvalue weighted by molar-refractivity contribution is 6.04. The Kier molecular flexibility index (Phi) is 6.11. The number of ether oxygens (including phenoxy) is 1. The molecule has 0 radical (unpaired) electrons. The average Bonchev–Trinajstić information content (AvgIpc) is 3.49. The summed E-state index contributed by atoms with van der Waals surface area (Å²) in [4.78, 5) is 36.0. The Labute approximate surface area is 197 Å². The van der Waals surface area contributed by atoms with Crippen LogP contribution in [0.15, 0.2) is 29.8 Å². The Balaban J connectivity index is 1.76. The number of nitrogens with zero attached hydrogens (tertiary/aromatic N) is 7. The topological polar surface area (TPSA) is 133 Å². The van der Waals surface area contributed by atoms with Crippen molar-refractivity contribution in [1.29, 1.82) is 0 Å². The van der Waals surface area contributed by atoms with Crippen molar-refractivity contribution in [3.05, 3.63) is 30.4 Å². The number of amides is 2. The molecular formula is C23H30N8O3. The SMILES string of the molecule is CC[C@H]1CN(C(=O)OC(C)(C)C)CC1=Nc1c(C(N)=O)cnn2cc(-c3cnn(CC)c3)nc12. The molecule has 11 heteroatoms. The van der Waals surface area contributed by atoms with Crippen molar-refractivity contribution in [2.24, 2.45) is 16.6 Å². The third-order valence-corrected chi connectivity index (χ3v) is 5.65. The van der Waals surface area contributed by atoms with Gasteiger partial charge in [-0.15, -0.1) is 0 Å². The minimum Gasteiger partial charge on any atom is -0.444 e. The lowest BCUT2D eigenvalue weighted by Crippen LogP contribution is -2.35. The maximum absolute atomic E-state index is 12.6. The highest BCUT2D eigenvalue weighted by Crippen LogP contribution is 2.30. The van der Waals surface area contributed by atoms with E-state index < -0.39 is 11.5 Å². The van der Waals surface area contributed by atoms with E-state index in [1.807, 2.05) is 40.8 Å². The van der Waals surface area contributed by atoms with Gasteiger partial charge in [0, 0.05) is 36.5 Å². The summed E-state index contributed by atoms with van der Waals surface area (Å²) in [7, 11) is 0. The predicted octanol–water partition coefficient (Wildman–Crippen LogP) is 3.06. The zero-order valence-electron chi connectivity index (χ0n) is 20.1. The van der Waals surface area contributed by atoms with Gasteiger partial charge in [-0.1, -0.05) is 6.92 Å². The van der Waals surface area contributed by atoms with E-state index in [4.69, 9.17) is 20.4 Å². The van der Waals surface area contributed by atoms with Crippen LogP contribution in [0.5, 0.6) is 0 Å². The van der Waals surface area contributed by atoms with Gasteiger partial charge in [-0.05, 0) is 34.1 Å². The van der Waals surface area contributed by atoms with Crippen LogP contribution in [0.2, 0.25) is 0 Å². The maximum atomic E-state index is 12.6. The third kappa shape index (κ3) is 4.63. The van der Waals surface area contributed by atoms with Crippen molar-refractivity contribution in [1.82, 2.24) is 29.3 Å². The summed E-state index contributed by atoms with van der Waals surface area (Å²) in [6, 6.07) is 0. The van der Waals surface area contributed by atoms with Crippen LogP contribution in [0.3, 0.4) is 0 Å². The molecule has 4 heterocycles. The number of aryl methyl sites for hydroxylation is 1. The number of rotatable bonds is 5. The van der Waals surface area contributed by atoms with Crippen molar-refractivity contribution in [3.63, 3.8) is 0 Å². The highest BCUT2D eigenvalue weighted by atomic mass is 16.6.